The molecule has 4 heterocycles. The van der Waals surface area contributed by atoms with Crippen molar-refractivity contribution in [3.05, 3.63) is 77.7 Å². The Hall–Kier alpha value is -3.55. The van der Waals surface area contributed by atoms with E-state index in [2.05, 4.69) is 73.7 Å². The van der Waals surface area contributed by atoms with Crippen molar-refractivity contribution in [1.82, 2.24) is 25.0 Å². The highest BCUT2D eigenvalue weighted by Gasteiger charge is 2.18. The summed E-state index contributed by atoms with van der Waals surface area (Å²) < 4.78 is 0. The van der Waals surface area contributed by atoms with Gasteiger partial charge in [-0.05, 0) is 48.0 Å². The third-order valence-corrected chi connectivity index (χ3v) is 6.60. The van der Waals surface area contributed by atoms with E-state index in [1.807, 2.05) is 24.5 Å². The van der Waals surface area contributed by atoms with Crippen LogP contribution < -0.4 is 5.32 Å². The molecule has 7 nitrogen and oxygen atoms in total. The van der Waals surface area contributed by atoms with Crippen molar-refractivity contribution in [3.8, 4) is 11.1 Å². The number of aromatic nitrogens is 3. The molecular weight excluding hydrogens is 410 g/mol. The molecule has 0 atom stereocenters. The molecule has 7 heteroatoms. The quantitative estimate of drug-likeness (QED) is 0.509. The van der Waals surface area contributed by atoms with E-state index < -0.39 is 0 Å². The molecule has 0 unspecified atom stereocenters. The maximum atomic E-state index is 4.75. The van der Waals surface area contributed by atoms with Crippen LogP contribution in [0.2, 0.25) is 0 Å². The molecule has 1 saturated heterocycles. The van der Waals surface area contributed by atoms with Gasteiger partial charge >= 0.3 is 0 Å². The summed E-state index contributed by atoms with van der Waals surface area (Å²) in [5.74, 6) is 0.805. The average Bonchev–Trinajstić information content (AvgIpc) is 3.29. The largest absolute Gasteiger partial charge is 0.338 e. The van der Waals surface area contributed by atoms with Crippen LogP contribution in [0.1, 0.15) is 16.8 Å². The molecule has 0 radical (unpaired) electrons. The Balaban J connectivity index is 1.28. The molecule has 0 aliphatic carbocycles. The monoisotopic (exact) mass is 437 g/mol. The Morgan fingerprint density at radius 1 is 0.939 bits per heavy atom. The van der Waals surface area contributed by atoms with Gasteiger partial charge < -0.3 is 10.2 Å². The number of likely N-dealkylation sites (N-methyl/N-ethyl adjacent to an activating group) is 1. The lowest BCUT2D eigenvalue weighted by Gasteiger charge is -2.32. The molecule has 0 saturated carbocycles. The molecule has 2 aliphatic heterocycles. The number of aromatic amines is 1. The number of H-pyrrole nitrogens is 1. The number of rotatable bonds is 4. The minimum Gasteiger partial charge on any atom is -0.338 e. The van der Waals surface area contributed by atoms with Gasteiger partial charge in [0.15, 0.2) is 5.84 Å². The number of nitrogens with one attached hydrogen (secondary N) is 2. The highest BCUT2D eigenvalue weighted by molar-refractivity contribution is 6.15. The molecule has 4 aromatic rings. The van der Waals surface area contributed by atoms with E-state index in [1.165, 1.54) is 11.1 Å². The maximum Gasteiger partial charge on any atom is 0.154 e. The van der Waals surface area contributed by atoms with Crippen LogP contribution in [0.3, 0.4) is 0 Å². The van der Waals surface area contributed by atoms with Gasteiger partial charge in [0.05, 0.1) is 12.1 Å². The molecular formula is C26H27N7. The molecule has 1 fully saturated rings. The van der Waals surface area contributed by atoms with Crippen LogP contribution in [0.25, 0.3) is 22.0 Å². The van der Waals surface area contributed by atoms with Gasteiger partial charge in [-0.15, -0.1) is 0 Å². The number of anilines is 1. The normalized spacial score (nSPS) is 16.9. The van der Waals surface area contributed by atoms with Gasteiger partial charge in [-0.25, -0.2) is 0 Å². The Morgan fingerprint density at radius 2 is 1.82 bits per heavy atom. The summed E-state index contributed by atoms with van der Waals surface area (Å²) in [7, 11) is 2.19. The van der Waals surface area contributed by atoms with Crippen molar-refractivity contribution in [1.29, 1.82) is 0 Å². The van der Waals surface area contributed by atoms with Crippen molar-refractivity contribution >= 4 is 22.4 Å². The molecule has 0 amide bonds. The average molecular weight is 438 g/mol. The number of nitrogens with zero attached hydrogens (tertiary/aromatic N) is 5. The lowest BCUT2D eigenvalue weighted by atomic mass is 10.0. The fourth-order valence-electron chi connectivity index (χ4n) is 4.62. The van der Waals surface area contributed by atoms with Gasteiger partial charge in [0.1, 0.15) is 5.69 Å². The second-order valence-electron chi connectivity index (χ2n) is 8.94. The molecule has 0 bridgehead atoms. The van der Waals surface area contributed by atoms with Crippen molar-refractivity contribution in [2.24, 2.45) is 4.99 Å². The minimum absolute atomic E-state index is 0.658. The second kappa shape index (κ2) is 8.42. The Labute approximate surface area is 193 Å². The summed E-state index contributed by atoms with van der Waals surface area (Å²) >= 11 is 0. The molecule has 2 aromatic carbocycles. The molecule has 166 valence electrons. The topological polar surface area (TPSA) is 72.4 Å². The van der Waals surface area contributed by atoms with Crippen molar-refractivity contribution < 1.29 is 0 Å². The van der Waals surface area contributed by atoms with Gasteiger partial charge in [0, 0.05) is 61.8 Å². The lowest BCUT2D eigenvalue weighted by molar-refractivity contribution is 0.148. The molecule has 2 aliphatic rings. The zero-order valence-electron chi connectivity index (χ0n) is 18.8. The number of piperazine rings is 1. The zero-order chi connectivity index (χ0) is 22.2. The number of amidine groups is 1. The predicted molar refractivity (Wildman–Crippen MR) is 132 cm³/mol. The summed E-state index contributed by atoms with van der Waals surface area (Å²) in [6.07, 6.45) is 3.93. The van der Waals surface area contributed by atoms with Gasteiger partial charge in [0.2, 0.25) is 0 Å². The molecule has 6 rings (SSSR count). The molecule has 2 N–H and O–H groups in total. The Bertz CT molecular complexity index is 1330. The van der Waals surface area contributed by atoms with E-state index in [9.17, 15) is 0 Å². The first-order valence-electron chi connectivity index (χ1n) is 11.5. The standard InChI is InChI=1S/C26H27N7/c1-32-8-10-33(11-9-32)17-18-12-21(15-27-14-18)19-6-7-24-22(13-19)25(31-30-24)26-28-16-20-4-2-3-5-23(20)29-26/h2-7,12-15H,8-11,16-17H2,1H3,(H,28,29)(H,30,31). The van der Waals surface area contributed by atoms with Crippen LogP contribution >= 0.6 is 0 Å². The summed E-state index contributed by atoms with van der Waals surface area (Å²) in [6, 6.07) is 16.9. The fourth-order valence-corrected chi connectivity index (χ4v) is 4.62. The van der Waals surface area contributed by atoms with E-state index in [0.29, 0.717) is 6.54 Å². The third-order valence-electron chi connectivity index (χ3n) is 6.60. The summed E-state index contributed by atoms with van der Waals surface area (Å²) in [6.45, 7) is 6.04. The summed E-state index contributed by atoms with van der Waals surface area (Å²) in [5.41, 5.74) is 7.65. The Morgan fingerprint density at radius 3 is 2.73 bits per heavy atom. The SMILES string of the molecule is CN1CCN(Cc2cncc(-c3ccc4[nH]nc(C5=NCc6ccccc6N5)c4c3)c2)CC1. The number of hydrogen-bond acceptors (Lipinski definition) is 6. The Kier molecular flexibility index (Phi) is 5.13. The van der Waals surface area contributed by atoms with Crippen molar-refractivity contribution in [2.45, 2.75) is 13.1 Å². The fraction of sp³-hybridized carbons (Fsp3) is 0.269. The highest BCUT2D eigenvalue weighted by atomic mass is 15.2. The number of pyridine rings is 1. The second-order valence-corrected chi connectivity index (χ2v) is 8.94. The zero-order valence-corrected chi connectivity index (χ0v) is 18.8. The lowest BCUT2D eigenvalue weighted by Crippen LogP contribution is -2.43. The van der Waals surface area contributed by atoms with E-state index in [0.717, 1.165) is 72.0 Å². The number of para-hydroxylation sites is 1. The minimum atomic E-state index is 0.658. The van der Waals surface area contributed by atoms with Gasteiger partial charge in [0.25, 0.3) is 0 Å². The van der Waals surface area contributed by atoms with Gasteiger partial charge in [-0.1, -0.05) is 24.3 Å². The van der Waals surface area contributed by atoms with Crippen LogP contribution in [0, 0.1) is 0 Å². The van der Waals surface area contributed by atoms with Crippen LogP contribution in [-0.2, 0) is 13.1 Å². The van der Waals surface area contributed by atoms with E-state index in [1.54, 1.807) is 0 Å². The van der Waals surface area contributed by atoms with Gasteiger partial charge in [-0.3, -0.25) is 20.0 Å². The van der Waals surface area contributed by atoms with Crippen molar-refractivity contribution in [3.63, 3.8) is 0 Å². The molecule has 2 aromatic heterocycles. The molecule has 0 spiro atoms. The number of hydrogen-bond donors (Lipinski definition) is 2. The first kappa shape index (κ1) is 20.1. The first-order chi connectivity index (χ1) is 16.2. The highest BCUT2D eigenvalue weighted by Crippen LogP contribution is 2.28. The van der Waals surface area contributed by atoms with E-state index in [4.69, 9.17) is 4.99 Å². The smallest absolute Gasteiger partial charge is 0.154 e. The molecule has 33 heavy (non-hydrogen) atoms. The maximum absolute atomic E-state index is 4.75. The van der Waals surface area contributed by atoms with E-state index in [-0.39, 0.29) is 0 Å². The van der Waals surface area contributed by atoms with Crippen LogP contribution in [0.15, 0.2) is 65.9 Å². The van der Waals surface area contributed by atoms with E-state index >= 15 is 0 Å². The summed E-state index contributed by atoms with van der Waals surface area (Å²) in [4.78, 5) is 14.2. The van der Waals surface area contributed by atoms with Crippen LogP contribution in [0.4, 0.5) is 5.69 Å². The van der Waals surface area contributed by atoms with Crippen molar-refractivity contribution in [2.75, 3.05) is 38.5 Å². The van der Waals surface area contributed by atoms with Crippen LogP contribution in [-0.4, -0.2) is 64.0 Å². The third kappa shape index (κ3) is 4.01. The van der Waals surface area contributed by atoms with Gasteiger partial charge in [-0.2, -0.15) is 5.10 Å². The predicted octanol–water partition coefficient (Wildman–Crippen LogP) is 3.74. The number of fused-ring (bicyclic) bond motifs is 2. The first-order valence-corrected chi connectivity index (χ1v) is 11.5. The van der Waals surface area contributed by atoms with Crippen LogP contribution in [0.5, 0.6) is 0 Å². The summed E-state index contributed by atoms with van der Waals surface area (Å²) in [5, 5.41) is 12.3. The number of aliphatic imine (C=N–C) groups is 1. The number of benzene rings is 2.